The van der Waals surface area contributed by atoms with Crippen LogP contribution in [0.1, 0.15) is 23.0 Å². The van der Waals surface area contributed by atoms with Gasteiger partial charge in [-0.1, -0.05) is 6.07 Å². The Hall–Kier alpha value is -3.26. The van der Waals surface area contributed by atoms with Gasteiger partial charge in [-0.15, -0.1) is 11.3 Å². The number of nitrogens with zero attached hydrogens (tertiary/aromatic N) is 2. The summed E-state index contributed by atoms with van der Waals surface area (Å²) in [6.45, 7) is 2.07. The van der Waals surface area contributed by atoms with Gasteiger partial charge in [0.15, 0.2) is 5.13 Å². The highest BCUT2D eigenvalue weighted by Gasteiger charge is 2.10. The van der Waals surface area contributed by atoms with E-state index in [1.54, 1.807) is 37.4 Å². The number of carbonyl (C=O) groups is 2. The van der Waals surface area contributed by atoms with Crippen molar-refractivity contribution in [2.24, 2.45) is 0 Å². The van der Waals surface area contributed by atoms with Crippen molar-refractivity contribution < 1.29 is 14.3 Å². The molecule has 0 atom stereocenters. The Balaban J connectivity index is 1.54. The first-order valence-electron chi connectivity index (χ1n) is 8.33. The number of anilines is 3. The van der Waals surface area contributed by atoms with Crippen LogP contribution < -0.4 is 10.6 Å². The molecule has 0 spiro atoms. The highest BCUT2D eigenvalue weighted by atomic mass is 32.1. The van der Waals surface area contributed by atoms with Crippen molar-refractivity contribution in [3.63, 3.8) is 0 Å². The Bertz CT molecular complexity index is 910. The van der Waals surface area contributed by atoms with Crippen LogP contribution in [-0.2, 0) is 16.0 Å². The molecule has 1 amide bonds. The predicted molar refractivity (Wildman–Crippen MR) is 104 cm³/mol. The van der Waals surface area contributed by atoms with E-state index in [4.69, 9.17) is 4.74 Å². The summed E-state index contributed by atoms with van der Waals surface area (Å²) in [6.07, 6.45) is 1.84. The molecule has 0 aliphatic carbocycles. The molecule has 27 heavy (non-hydrogen) atoms. The quantitative estimate of drug-likeness (QED) is 0.606. The van der Waals surface area contributed by atoms with E-state index in [0.29, 0.717) is 34.5 Å². The Labute approximate surface area is 160 Å². The van der Waals surface area contributed by atoms with Gasteiger partial charge in [0.1, 0.15) is 5.82 Å². The summed E-state index contributed by atoms with van der Waals surface area (Å²) in [6, 6.07) is 12.1. The van der Waals surface area contributed by atoms with Gasteiger partial charge in [-0.2, -0.15) is 0 Å². The number of thiazole rings is 1. The Morgan fingerprint density at radius 3 is 2.67 bits per heavy atom. The molecule has 8 heteroatoms. The highest BCUT2D eigenvalue weighted by molar-refractivity contribution is 7.13. The number of amides is 1. The molecule has 0 unspecified atom stereocenters. The van der Waals surface area contributed by atoms with Crippen molar-refractivity contribution in [1.82, 2.24) is 9.97 Å². The minimum atomic E-state index is -0.384. The van der Waals surface area contributed by atoms with Crippen molar-refractivity contribution in [3.05, 3.63) is 65.3 Å². The second kappa shape index (κ2) is 8.91. The van der Waals surface area contributed by atoms with E-state index in [0.717, 1.165) is 0 Å². The molecule has 0 fully saturated rings. The number of esters is 1. The fourth-order valence-corrected chi connectivity index (χ4v) is 2.98. The Morgan fingerprint density at radius 1 is 1.15 bits per heavy atom. The summed E-state index contributed by atoms with van der Waals surface area (Å²) in [5.74, 6) is 0.129. The Kier molecular flexibility index (Phi) is 6.11. The van der Waals surface area contributed by atoms with E-state index in [1.807, 2.05) is 23.6 Å². The largest absolute Gasteiger partial charge is 0.462 e. The smallest absolute Gasteiger partial charge is 0.338 e. The summed E-state index contributed by atoms with van der Waals surface area (Å²) in [5, 5.41) is 8.39. The van der Waals surface area contributed by atoms with E-state index < -0.39 is 0 Å². The molecular weight excluding hydrogens is 364 g/mol. The van der Waals surface area contributed by atoms with Gasteiger partial charge in [-0.05, 0) is 43.3 Å². The summed E-state index contributed by atoms with van der Waals surface area (Å²) >= 11 is 1.41. The molecule has 0 aliphatic heterocycles. The predicted octanol–water partition coefficient (Wildman–Crippen LogP) is 3.64. The first-order valence-corrected chi connectivity index (χ1v) is 9.21. The second-order valence-electron chi connectivity index (χ2n) is 5.51. The standard InChI is InChI=1S/C19H18N4O3S/c1-2-26-18(25)13-6-8-14(9-7-13)21-17(24)11-15-12-27-19(22-15)23-16-5-3-4-10-20-16/h3-10,12H,2,11H2,1H3,(H,21,24)(H,20,22,23). The lowest BCUT2D eigenvalue weighted by molar-refractivity contribution is -0.115. The molecule has 2 N–H and O–H groups in total. The number of ether oxygens (including phenoxy) is 1. The summed E-state index contributed by atoms with van der Waals surface area (Å²) in [7, 11) is 0. The van der Waals surface area contributed by atoms with Crippen LogP contribution in [-0.4, -0.2) is 28.5 Å². The van der Waals surface area contributed by atoms with Crippen molar-refractivity contribution in [2.45, 2.75) is 13.3 Å². The first kappa shape index (κ1) is 18.5. The van der Waals surface area contributed by atoms with Crippen molar-refractivity contribution in [3.8, 4) is 0 Å². The van der Waals surface area contributed by atoms with Crippen molar-refractivity contribution in [1.29, 1.82) is 0 Å². The molecule has 138 valence electrons. The third-order valence-electron chi connectivity index (χ3n) is 3.47. The zero-order valence-corrected chi connectivity index (χ0v) is 15.5. The summed E-state index contributed by atoms with van der Waals surface area (Å²) < 4.78 is 4.93. The van der Waals surface area contributed by atoms with Crippen LogP contribution in [0.5, 0.6) is 0 Å². The van der Waals surface area contributed by atoms with Gasteiger partial charge in [0.2, 0.25) is 5.91 Å². The second-order valence-corrected chi connectivity index (χ2v) is 6.36. The topological polar surface area (TPSA) is 93.2 Å². The number of nitrogens with one attached hydrogen (secondary N) is 2. The molecule has 2 aromatic heterocycles. The maximum absolute atomic E-state index is 12.2. The zero-order chi connectivity index (χ0) is 19.1. The maximum atomic E-state index is 12.2. The van der Waals surface area contributed by atoms with Gasteiger partial charge in [0.05, 0.1) is 24.3 Å². The van der Waals surface area contributed by atoms with E-state index in [2.05, 4.69) is 20.6 Å². The monoisotopic (exact) mass is 382 g/mol. The molecule has 3 aromatic rings. The fraction of sp³-hybridized carbons (Fsp3) is 0.158. The SMILES string of the molecule is CCOC(=O)c1ccc(NC(=O)Cc2csc(Nc3ccccn3)n2)cc1. The molecule has 0 bridgehead atoms. The van der Waals surface area contributed by atoms with Gasteiger partial charge < -0.3 is 15.4 Å². The number of rotatable bonds is 7. The minimum absolute atomic E-state index is 0.153. The van der Waals surface area contributed by atoms with Crippen LogP contribution in [0.3, 0.4) is 0 Å². The molecule has 3 rings (SSSR count). The van der Waals surface area contributed by atoms with Gasteiger partial charge in [-0.25, -0.2) is 14.8 Å². The molecular formula is C19H18N4O3S. The van der Waals surface area contributed by atoms with E-state index in [-0.39, 0.29) is 18.3 Å². The number of benzene rings is 1. The lowest BCUT2D eigenvalue weighted by atomic mass is 10.2. The number of carbonyl (C=O) groups excluding carboxylic acids is 2. The third-order valence-corrected chi connectivity index (χ3v) is 4.28. The van der Waals surface area contributed by atoms with Crippen molar-refractivity contribution in [2.75, 3.05) is 17.2 Å². The zero-order valence-electron chi connectivity index (χ0n) is 14.6. The molecule has 2 heterocycles. The maximum Gasteiger partial charge on any atom is 0.338 e. The average molecular weight is 382 g/mol. The van der Waals surface area contributed by atoms with Crippen LogP contribution in [0.15, 0.2) is 54.0 Å². The van der Waals surface area contributed by atoms with Gasteiger partial charge in [0, 0.05) is 17.3 Å². The number of hydrogen-bond acceptors (Lipinski definition) is 7. The van der Waals surface area contributed by atoms with E-state index in [9.17, 15) is 9.59 Å². The van der Waals surface area contributed by atoms with Crippen LogP contribution >= 0.6 is 11.3 Å². The summed E-state index contributed by atoms with van der Waals surface area (Å²) in [4.78, 5) is 32.4. The first-order chi connectivity index (χ1) is 13.1. The molecule has 1 aromatic carbocycles. The van der Waals surface area contributed by atoms with Crippen LogP contribution in [0.4, 0.5) is 16.6 Å². The lowest BCUT2D eigenvalue weighted by Gasteiger charge is -2.06. The van der Waals surface area contributed by atoms with Crippen LogP contribution in [0, 0.1) is 0 Å². The number of aromatic nitrogens is 2. The van der Waals surface area contributed by atoms with E-state index >= 15 is 0 Å². The Morgan fingerprint density at radius 2 is 1.96 bits per heavy atom. The van der Waals surface area contributed by atoms with Gasteiger partial charge >= 0.3 is 5.97 Å². The normalized spacial score (nSPS) is 10.3. The summed E-state index contributed by atoms with van der Waals surface area (Å²) in [5.41, 5.74) is 1.72. The molecule has 7 nitrogen and oxygen atoms in total. The minimum Gasteiger partial charge on any atom is -0.462 e. The van der Waals surface area contributed by atoms with Gasteiger partial charge in [-0.3, -0.25) is 4.79 Å². The van der Waals surface area contributed by atoms with E-state index in [1.165, 1.54) is 11.3 Å². The van der Waals surface area contributed by atoms with Crippen molar-refractivity contribution >= 4 is 39.9 Å². The fourth-order valence-electron chi connectivity index (χ4n) is 2.27. The third kappa shape index (κ3) is 5.35. The van der Waals surface area contributed by atoms with Crippen LogP contribution in [0.25, 0.3) is 0 Å². The number of hydrogen-bond donors (Lipinski definition) is 2. The lowest BCUT2D eigenvalue weighted by Crippen LogP contribution is -2.14. The van der Waals surface area contributed by atoms with Gasteiger partial charge in [0.25, 0.3) is 0 Å². The average Bonchev–Trinajstić information content (AvgIpc) is 3.10. The molecule has 0 radical (unpaired) electrons. The highest BCUT2D eigenvalue weighted by Crippen LogP contribution is 2.20. The molecule has 0 saturated carbocycles. The number of pyridine rings is 1. The van der Waals surface area contributed by atoms with Crippen LogP contribution in [0.2, 0.25) is 0 Å². The molecule has 0 saturated heterocycles. The molecule has 0 aliphatic rings.